The van der Waals surface area contributed by atoms with Crippen LogP contribution in [0.4, 0.5) is 0 Å². The lowest BCUT2D eigenvalue weighted by atomic mass is 9.93. The van der Waals surface area contributed by atoms with Crippen LogP contribution >= 0.6 is 12.4 Å². The molecule has 90 valence electrons. The summed E-state index contributed by atoms with van der Waals surface area (Å²) in [6.07, 6.45) is 0.240. The third-order valence-corrected chi connectivity index (χ3v) is 2.32. The first-order valence-electron chi connectivity index (χ1n) is 4.64. The molecule has 0 amide bonds. The summed E-state index contributed by atoms with van der Waals surface area (Å²) in [5, 5.41) is 18.2. The van der Waals surface area contributed by atoms with E-state index in [9.17, 15) is 9.90 Å². The summed E-state index contributed by atoms with van der Waals surface area (Å²) in [6, 6.07) is 4.96. The van der Waals surface area contributed by atoms with Crippen LogP contribution in [0.1, 0.15) is 18.1 Å². The highest BCUT2D eigenvalue weighted by molar-refractivity contribution is 5.85. The SMILES string of the molecule is Cc1cc(CC(C)(N)C(=O)O)ccc1O.Cl. The molecule has 1 unspecified atom stereocenters. The van der Waals surface area contributed by atoms with Crippen molar-refractivity contribution in [1.29, 1.82) is 0 Å². The van der Waals surface area contributed by atoms with Crippen molar-refractivity contribution < 1.29 is 15.0 Å². The summed E-state index contributed by atoms with van der Waals surface area (Å²) in [6.45, 7) is 3.23. The highest BCUT2D eigenvalue weighted by Crippen LogP contribution is 2.19. The summed E-state index contributed by atoms with van der Waals surface area (Å²) < 4.78 is 0. The molecule has 1 aromatic carbocycles. The molecule has 4 N–H and O–H groups in total. The van der Waals surface area contributed by atoms with Crippen LogP contribution in [0.5, 0.6) is 5.75 Å². The Kier molecular flexibility index (Phi) is 4.78. The molecule has 16 heavy (non-hydrogen) atoms. The first-order chi connectivity index (χ1) is 6.83. The molecule has 1 rings (SSSR count). The van der Waals surface area contributed by atoms with E-state index in [-0.39, 0.29) is 24.6 Å². The number of nitrogens with two attached hydrogens (primary N) is 1. The van der Waals surface area contributed by atoms with Crippen LogP contribution in [-0.2, 0) is 11.2 Å². The van der Waals surface area contributed by atoms with E-state index in [0.717, 1.165) is 5.56 Å². The average molecular weight is 246 g/mol. The predicted octanol–water partition coefficient (Wildman–Crippen LogP) is 1.47. The predicted molar refractivity (Wildman–Crippen MR) is 64.0 cm³/mol. The number of hydrogen-bond acceptors (Lipinski definition) is 3. The van der Waals surface area contributed by atoms with Crippen LogP contribution < -0.4 is 5.73 Å². The summed E-state index contributed by atoms with van der Waals surface area (Å²) in [7, 11) is 0. The molecule has 0 fully saturated rings. The lowest BCUT2D eigenvalue weighted by Gasteiger charge is -2.19. The zero-order chi connectivity index (χ0) is 11.6. The van der Waals surface area contributed by atoms with Crippen LogP contribution in [0.3, 0.4) is 0 Å². The molecule has 0 radical (unpaired) electrons. The molecule has 0 aliphatic heterocycles. The van der Waals surface area contributed by atoms with Gasteiger partial charge in [-0.15, -0.1) is 12.4 Å². The van der Waals surface area contributed by atoms with Gasteiger partial charge in [-0.2, -0.15) is 0 Å². The molecule has 1 atom stereocenters. The van der Waals surface area contributed by atoms with Crippen molar-refractivity contribution in [3.05, 3.63) is 29.3 Å². The number of aliphatic carboxylic acids is 1. The molecule has 0 saturated heterocycles. The Morgan fingerprint density at radius 1 is 1.50 bits per heavy atom. The molecule has 4 nitrogen and oxygen atoms in total. The Morgan fingerprint density at radius 3 is 2.50 bits per heavy atom. The van der Waals surface area contributed by atoms with E-state index in [1.165, 1.54) is 6.92 Å². The molecule has 0 spiro atoms. The largest absolute Gasteiger partial charge is 0.508 e. The topological polar surface area (TPSA) is 83.6 Å². The smallest absolute Gasteiger partial charge is 0.323 e. The molecule has 0 aliphatic carbocycles. The van der Waals surface area contributed by atoms with Gasteiger partial charge in [0.2, 0.25) is 0 Å². The van der Waals surface area contributed by atoms with Gasteiger partial charge >= 0.3 is 5.97 Å². The quantitative estimate of drug-likeness (QED) is 0.753. The third kappa shape index (κ3) is 3.40. The fourth-order valence-corrected chi connectivity index (χ4v) is 1.33. The molecular formula is C11H16ClNO3. The molecule has 0 bridgehead atoms. The van der Waals surface area contributed by atoms with Crippen LogP contribution in [0.2, 0.25) is 0 Å². The molecule has 0 aromatic heterocycles. The van der Waals surface area contributed by atoms with Gasteiger partial charge in [-0.05, 0) is 31.0 Å². The normalized spacial score (nSPS) is 13.7. The Labute approximate surface area is 100 Å². The number of carboxylic acids is 1. The van der Waals surface area contributed by atoms with Crippen LogP contribution in [0.15, 0.2) is 18.2 Å². The lowest BCUT2D eigenvalue weighted by molar-refractivity contribution is -0.142. The zero-order valence-electron chi connectivity index (χ0n) is 9.23. The second-order valence-electron chi connectivity index (χ2n) is 4.02. The number of phenolic OH excluding ortho intramolecular Hbond substituents is 1. The first-order valence-corrected chi connectivity index (χ1v) is 4.64. The second kappa shape index (κ2) is 5.18. The minimum absolute atomic E-state index is 0. The highest BCUT2D eigenvalue weighted by atomic mass is 35.5. The Morgan fingerprint density at radius 2 is 2.06 bits per heavy atom. The Hall–Kier alpha value is -1.26. The van der Waals surface area contributed by atoms with Crippen molar-refractivity contribution in [2.45, 2.75) is 25.8 Å². The number of rotatable bonds is 3. The van der Waals surface area contributed by atoms with Crippen LogP contribution in [0.25, 0.3) is 0 Å². The maximum atomic E-state index is 10.8. The van der Waals surface area contributed by atoms with Gasteiger partial charge in [-0.1, -0.05) is 12.1 Å². The van der Waals surface area contributed by atoms with E-state index in [0.29, 0.717) is 5.56 Å². The van der Waals surface area contributed by atoms with Crippen molar-refractivity contribution in [2.24, 2.45) is 5.73 Å². The van der Waals surface area contributed by atoms with E-state index < -0.39 is 11.5 Å². The number of benzene rings is 1. The fraction of sp³-hybridized carbons (Fsp3) is 0.364. The zero-order valence-corrected chi connectivity index (χ0v) is 10.0. The maximum Gasteiger partial charge on any atom is 0.323 e. The number of aromatic hydroxyl groups is 1. The lowest BCUT2D eigenvalue weighted by Crippen LogP contribution is -2.46. The summed E-state index contributed by atoms with van der Waals surface area (Å²) in [5.74, 6) is -0.832. The monoisotopic (exact) mass is 245 g/mol. The standard InChI is InChI=1S/C11H15NO3.ClH/c1-7-5-8(3-4-9(7)13)6-11(2,12)10(14)15;/h3-5,13H,6,12H2,1-2H3,(H,14,15);1H. The van der Waals surface area contributed by atoms with E-state index in [1.807, 2.05) is 0 Å². The van der Waals surface area contributed by atoms with Crippen molar-refractivity contribution in [2.75, 3.05) is 0 Å². The van der Waals surface area contributed by atoms with E-state index >= 15 is 0 Å². The molecular weight excluding hydrogens is 230 g/mol. The van der Waals surface area contributed by atoms with Crippen molar-refractivity contribution in [3.8, 4) is 5.75 Å². The van der Waals surface area contributed by atoms with Gasteiger partial charge in [0.1, 0.15) is 11.3 Å². The first kappa shape index (κ1) is 14.7. The highest BCUT2D eigenvalue weighted by Gasteiger charge is 2.28. The number of halogens is 1. The summed E-state index contributed by atoms with van der Waals surface area (Å²) in [5.41, 5.74) is 5.86. The molecule has 0 heterocycles. The van der Waals surface area contributed by atoms with Crippen molar-refractivity contribution in [3.63, 3.8) is 0 Å². The molecule has 1 aromatic rings. The Balaban J connectivity index is 0.00000225. The van der Waals surface area contributed by atoms with Crippen molar-refractivity contribution >= 4 is 18.4 Å². The van der Waals surface area contributed by atoms with Gasteiger partial charge in [-0.25, -0.2) is 0 Å². The fourth-order valence-electron chi connectivity index (χ4n) is 1.33. The van der Waals surface area contributed by atoms with Crippen LogP contribution in [0, 0.1) is 6.92 Å². The van der Waals surface area contributed by atoms with Gasteiger partial charge in [0, 0.05) is 6.42 Å². The van der Waals surface area contributed by atoms with E-state index in [1.54, 1.807) is 25.1 Å². The summed E-state index contributed by atoms with van der Waals surface area (Å²) >= 11 is 0. The number of hydrogen-bond donors (Lipinski definition) is 3. The average Bonchev–Trinajstić information content (AvgIpc) is 2.10. The van der Waals surface area contributed by atoms with Gasteiger partial charge in [0.15, 0.2) is 0 Å². The molecule has 0 saturated carbocycles. The van der Waals surface area contributed by atoms with Gasteiger partial charge < -0.3 is 15.9 Å². The number of aryl methyl sites for hydroxylation is 1. The number of carbonyl (C=O) groups is 1. The maximum absolute atomic E-state index is 10.8. The van der Waals surface area contributed by atoms with E-state index in [4.69, 9.17) is 10.8 Å². The second-order valence-corrected chi connectivity index (χ2v) is 4.02. The van der Waals surface area contributed by atoms with E-state index in [2.05, 4.69) is 0 Å². The molecule has 5 heteroatoms. The number of phenols is 1. The van der Waals surface area contributed by atoms with Gasteiger partial charge in [0.05, 0.1) is 0 Å². The molecule has 0 aliphatic rings. The van der Waals surface area contributed by atoms with Gasteiger partial charge in [-0.3, -0.25) is 4.79 Å². The number of carboxylic acid groups (broad SMARTS) is 1. The minimum Gasteiger partial charge on any atom is -0.508 e. The minimum atomic E-state index is -1.27. The Bertz CT molecular complexity index is 391. The summed E-state index contributed by atoms with van der Waals surface area (Å²) in [4.78, 5) is 10.8. The van der Waals surface area contributed by atoms with Crippen LogP contribution in [-0.4, -0.2) is 21.7 Å². The van der Waals surface area contributed by atoms with Gasteiger partial charge in [0.25, 0.3) is 0 Å². The third-order valence-electron chi connectivity index (χ3n) is 2.32. The van der Waals surface area contributed by atoms with Crippen molar-refractivity contribution in [1.82, 2.24) is 0 Å².